The van der Waals surface area contributed by atoms with Crippen molar-refractivity contribution >= 4 is 5.78 Å². The van der Waals surface area contributed by atoms with Crippen LogP contribution in [0.25, 0.3) is 0 Å². The van der Waals surface area contributed by atoms with Gasteiger partial charge < -0.3 is 0 Å². The maximum absolute atomic E-state index is 10.9. The third-order valence-corrected chi connectivity index (χ3v) is 1.66. The summed E-state index contributed by atoms with van der Waals surface area (Å²) in [5, 5.41) is 0. The molecule has 0 heterocycles. The average Bonchev–Trinajstić information content (AvgIpc) is 1.81. The fourth-order valence-electron chi connectivity index (χ4n) is 0.996. The van der Waals surface area contributed by atoms with Gasteiger partial charge in [0.25, 0.3) is 0 Å². The molecule has 0 saturated heterocycles. The molecule has 0 saturated carbocycles. The number of carbonyl (C=O) groups is 1. The van der Waals surface area contributed by atoms with Gasteiger partial charge >= 0.3 is 0 Å². The van der Waals surface area contributed by atoms with Crippen LogP contribution in [0.2, 0.25) is 0 Å². The van der Waals surface area contributed by atoms with Gasteiger partial charge in [0.2, 0.25) is 0 Å². The Balaban J connectivity index is 3.83. The lowest BCUT2D eigenvalue weighted by atomic mass is 9.95. The smallest absolute Gasteiger partial charge is 0.133 e. The molecular formula is C9H16O. The Morgan fingerprint density at radius 1 is 1.50 bits per heavy atom. The van der Waals surface area contributed by atoms with Gasteiger partial charge in [-0.1, -0.05) is 12.5 Å². The first kappa shape index (κ1) is 9.41. The summed E-state index contributed by atoms with van der Waals surface area (Å²) < 4.78 is 0. The molecule has 0 aromatic rings. The van der Waals surface area contributed by atoms with Gasteiger partial charge in [-0.25, -0.2) is 0 Å². The van der Waals surface area contributed by atoms with Crippen LogP contribution in [0.1, 0.15) is 33.6 Å². The van der Waals surface area contributed by atoms with Crippen molar-refractivity contribution in [2.24, 2.45) is 5.92 Å². The second-order valence-corrected chi connectivity index (χ2v) is 2.88. The summed E-state index contributed by atoms with van der Waals surface area (Å²) >= 11 is 0. The summed E-state index contributed by atoms with van der Waals surface area (Å²) in [7, 11) is 0. The van der Waals surface area contributed by atoms with E-state index < -0.39 is 0 Å². The summed E-state index contributed by atoms with van der Waals surface area (Å²) in [6.45, 7) is 9.42. The van der Waals surface area contributed by atoms with Crippen molar-refractivity contribution in [3.63, 3.8) is 0 Å². The van der Waals surface area contributed by atoms with Crippen LogP contribution < -0.4 is 0 Å². The topological polar surface area (TPSA) is 17.1 Å². The van der Waals surface area contributed by atoms with E-state index in [1.165, 1.54) is 0 Å². The fraction of sp³-hybridized carbons (Fsp3) is 0.667. The third-order valence-electron chi connectivity index (χ3n) is 1.66. The molecule has 0 bridgehead atoms. The number of allylic oxidation sites excluding steroid dienone is 1. The van der Waals surface area contributed by atoms with Crippen molar-refractivity contribution in [3.8, 4) is 0 Å². The third kappa shape index (κ3) is 3.44. The summed E-state index contributed by atoms with van der Waals surface area (Å²) in [5.74, 6) is 0.489. The second kappa shape index (κ2) is 4.26. The first-order chi connectivity index (χ1) is 4.57. The van der Waals surface area contributed by atoms with Crippen molar-refractivity contribution in [3.05, 3.63) is 12.2 Å². The van der Waals surface area contributed by atoms with Gasteiger partial charge in [0.05, 0.1) is 0 Å². The molecule has 1 unspecified atom stereocenters. The highest BCUT2D eigenvalue weighted by Gasteiger charge is 2.10. The molecule has 0 spiro atoms. The zero-order valence-electron chi connectivity index (χ0n) is 7.11. The lowest BCUT2D eigenvalue weighted by Crippen LogP contribution is -2.09. The molecular weight excluding hydrogens is 124 g/mol. The van der Waals surface area contributed by atoms with Crippen LogP contribution in [-0.2, 0) is 4.79 Å². The van der Waals surface area contributed by atoms with Crippen molar-refractivity contribution in [2.45, 2.75) is 33.6 Å². The number of hydrogen-bond donors (Lipinski definition) is 0. The Morgan fingerprint density at radius 2 is 2.00 bits per heavy atom. The molecule has 1 nitrogen and oxygen atoms in total. The molecule has 0 aromatic heterocycles. The van der Waals surface area contributed by atoms with Crippen LogP contribution >= 0.6 is 0 Å². The predicted molar refractivity (Wildman–Crippen MR) is 43.9 cm³/mol. The first-order valence-corrected chi connectivity index (χ1v) is 3.72. The van der Waals surface area contributed by atoms with Crippen LogP contribution in [0, 0.1) is 5.92 Å². The number of hydrogen-bond acceptors (Lipinski definition) is 1. The van der Waals surface area contributed by atoms with Gasteiger partial charge in [0, 0.05) is 5.92 Å². The van der Waals surface area contributed by atoms with Crippen LogP contribution in [-0.4, -0.2) is 5.78 Å². The number of ketones is 1. The molecule has 0 N–H and O–H groups in total. The van der Waals surface area contributed by atoms with Gasteiger partial charge in [-0.15, -0.1) is 6.58 Å². The van der Waals surface area contributed by atoms with Gasteiger partial charge in [-0.3, -0.25) is 4.79 Å². The van der Waals surface area contributed by atoms with Crippen molar-refractivity contribution in [1.82, 2.24) is 0 Å². The Kier molecular flexibility index (Phi) is 4.01. The van der Waals surface area contributed by atoms with E-state index in [2.05, 4.69) is 6.58 Å². The van der Waals surface area contributed by atoms with Crippen molar-refractivity contribution in [2.75, 3.05) is 0 Å². The minimum atomic E-state index is 0.206. The standard InChI is InChI=1S/C9H16O/c1-5-9(8(4)10)6-7(2)3/h9H,2,5-6H2,1,3-4H3. The molecule has 0 aliphatic carbocycles. The number of rotatable bonds is 4. The summed E-state index contributed by atoms with van der Waals surface area (Å²) in [5.41, 5.74) is 1.10. The Morgan fingerprint density at radius 3 is 2.10 bits per heavy atom. The fourth-order valence-corrected chi connectivity index (χ4v) is 0.996. The molecule has 0 aliphatic rings. The maximum atomic E-state index is 10.9. The predicted octanol–water partition coefficient (Wildman–Crippen LogP) is 2.57. The molecule has 0 amide bonds. The quantitative estimate of drug-likeness (QED) is 0.548. The van der Waals surface area contributed by atoms with E-state index in [9.17, 15) is 4.79 Å². The summed E-state index contributed by atoms with van der Waals surface area (Å²) in [6.07, 6.45) is 1.79. The highest BCUT2D eigenvalue weighted by molar-refractivity contribution is 5.78. The highest BCUT2D eigenvalue weighted by Crippen LogP contribution is 2.13. The van der Waals surface area contributed by atoms with E-state index in [1.807, 2.05) is 13.8 Å². The van der Waals surface area contributed by atoms with Crippen molar-refractivity contribution in [1.29, 1.82) is 0 Å². The number of Topliss-reactive ketones (excluding diaryl/α,β-unsaturated/α-hetero) is 1. The molecule has 0 radical (unpaired) electrons. The van der Waals surface area contributed by atoms with Crippen LogP contribution in [0.4, 0.5) is 0 Å². The van der Waals surface area contributed by atoms with Gasteiger partial charge in [0.15, 0.2) is 0 Å². The molecule has 1 heteroatoms. The molecule has 10 heavy (non-hydrogen) atoms. The van der Waals surface area contributed by atoms with Gasteiger partial charge in [-0.05, 0) is 26.7 Å². The normalized spacial score (nSPS) is 12.7. The van der Waals surface area contributed by atoms with Crippen LogP contribution in [0.5, 0.6) is 0 Å². The maximum Gasteiger partial charge on any atom is 0.133 e. The first-order valence-electron chi connectivity index (χ1n) is 3.72. The number of carbonyl (C=O) groups excluding carboxylic acids is 1. The molecule has 0 aromatic carbocycles. The lowest BCUT2D eigenvalue weighted by molar-refractivity contribution is -0.120. The largest absolute Gasteiger partial charge is 0.300 e. The zero-order valence-corrected chi connectivity index (χ0v) is 7.11. The average molecular weight is 140 g/mol. The summed E-state index contributed by atoms with van der Waals surface area (Å²) in [6, 6.07) is 0. The molecule has 0 rings (SSSR count). The highest BCUT2D eigenvalue weighted by atomic mass is 16.1. The van der Waals surface area contributed by atoms with E-state index in [4.69, 9.17) is 0 Å². The monoisotopic (exact) mass is 140 g/mol. The molecule has 0 fully saturated rings. The van der Waals surface area contributed by atoms with Gasteiger partial charge in [-0.2, -0.15) is 0 Å². The van der Waals surface area contributed by atoms with Crippen molar-refractivity contribution < 1.29 is 4.79 Å². The lowest BCUT2D eigenvalue weighted by Gasteiger charge is -2.09. The SMILES string of the molecule is C=C(C)CC(CC)C(C)=O. The van der Waals surface area contributed by atoms with E-state index in [0.717, 1.165) is 18.4 Å². The van der Waals surface area contributed by atoms with E-state index in [0.29, 0.717) is 0 Å². The van der Waals surface area contributed by atoms with Crippen LogP contribution in [0.15, 0.2) is 12.2 Å². The molecule has 0 aliphatic heterocycles. The Hall–Kier alpha value is -0.590. The van der Waals surface area contributed by atoms with E-state index in [1.54, 1.807) is 6.92 Å². The second-order valence-electron chi connectivity index (χ2n) is 2.88. The Labute approximate surface area is 63.1 Å². The van der Waals surface area contributed by atoms with Gasteiger partial charge in [0.1, 0.15) is 5.78 Å². The minimum Gasteiger partial charge on any atom is -0.300 e. The Bertz CT molecular complexity index is 136. The van der Waals surface area contributed by atoms with Crippen LogP contribution in [0.3, 0.4) is 0 Å². The summed E-state index contributed by atoms with van der Waals surface area (Å²) in [4.78, 5) is 10.9. The molecule has 58 valence electrons. The molecule has 1 atom stereocenters. The van der Waals surface area contributed by atoms with E-state index >= 15 is 0 Å². The minimum absolute atomic E-state index is 0.206. The van der Waals surface area contributed by atoms with E-state index in [-0.39, 0.29) is 11.7 Å². The zero-order chi connectivity index (χ0) is 8.15.